The predicted octanol–water partition coefficient (Wildman–Crippen LogP) is 3.97. The molecule has 0 fully saturated rings. The lowest BCUT2D eigenvalue weighted by atomic mass is 10.1. The van der Waals surface area contributed by atoms with Crippen molar-refractivity contribution < 1.29 is 18.7 Å². The number of halogens is 2. The van der Waals surface area contributed by atoms with E-state index >= 15 is 0 Å². The highest BCUT2D eigenvalue weighted by atomic mass is 79.9. The molecule has 0 aromatic heterocycles. The van der Waals surface area contributed by atoms with Gasteiger partial charge in [0, 0.05) is 11.0 Å². The summed E-state index contributed by atoms with van der Waals surface area (Å²) in [6.45, 7) is 0.445. The Morgan fingerprint density at radius 1 is 1.12 bits per heavy atom. The quantitative estimate of drug-likeness (QED) is 0.776. The van der Waals surface area contributed by atoms with E-state index in [1.165, 1.54) is 18.2 Å². The lowest BCUT2D eigenvalue weighted by Crippen LogP contribution is -2.30. The second-order valence-electron chi connectivity index (χ2n) is 4.94. The third kappa shape index (κ3) is 4.86. The van der Waals surface area contributed by atoms with Crippen molar-refractivity contribution in [2.75, 3.05) is 26.1 Å². The van der Waals surface area contributed by atoms with Crippen LogP contribution in [0.1, 0.15) is 5.56 Å². The highest BCUT2D eigenvalue weighted by Crippen LogP contribution is 2.27. The maximum absolute atomic E-state index is 13.0. The van der Waals surface area contributed by atoms with Gasteiger partial charge in [0.15, 0.2) is 11.5 Å². The van der Waals surface area contributed by atoms with E-state index in [-0.39, 0.29) is 11.8 Å². The number of nitrogens with one attached hydrogen (secondary N) is 2. The molecule has 0 aliphatic rings. The van der Waals surface area contributed by atoms with Crippen LogP contribution in [0.25, 0.3) is 0 Å². The van der Waals surface area contributed by atoms with Crippen molar-refractivity contribution in [3.05, 3.63) is 52.3 Å². The summed E-state index contributed by atoms with van der Waals surface area (Å²) in [6.07, 6.45) is 0.637. The molecular formula is C17H18BrFN2O3. The Morgan fingerprint density at radius 2 is 1.88 bits per heavy atom. The molecule has 0 aliphatic carbocycles. The van der Waals surface area contributed by atoms with Crippen molar-refractivity contribution in [1.29, 1.82) is 0 Å². The van der Waals surface area contributed by atoms with Gasteiger partial charge in [-0.05, 0) is 58.2 Å². The monoisotopic (exact) mass is 396 g/mol. The minimum absolute atomic E-state index is 0.359. The van der Waals surface area contributed by atoms with Crippen molar-refractivity contribution >= 4 is 27.6 Å². The second-order valence-corrected chi connectivity index (χ2v) is 5.80. The average molecular weight is 397 g/mol. The summed E-state index contributed by atoms with van der Waals surface area (Å²) in [4.78, 5) is 11.9. The van der Waals surface area contributed by atoms with E-state index in [1.807, 2.05) is 18.2 Å². The van der Waals surface area contributed by atoms with Gasteiger partial charge in [-0.25, -0.2) is 9.18 Å². The van der Waals surface area contributed by atoms with Crippen LogP contribution in [0.4, 0.5) is 14.9 Å². The summed E-state index contributed by atoms with van der Waals surface area (Å²) < 4.78 is 23.9. The number of urea groups is 1. The van der Waals surface area contributed by atoms with E-state index in [9.17, 15) is 9.18 Å². The van der Waals surface area contributed by atoms with Gasteiger partial charge in [0.1, 0.15) is 5.82 Å². The van der Waals surface area contributed by atoms with Crippen LogP contribution in [-0.2, 0) is 6.42 Å². The smallest absolute Gasteiger partial charge is 0.319 e. The van der Waals surface area contributed by atoms with Gasteiger partial charge in [0.2, 0.25) is 0 Å². The largest absolute Gasteiger partial charge is 0.493 e. The van der Waals surface area contributed by atoms with E-state index in [1.54, 1.807) is 14.2 Å². The van der Waals surface area contributed by atoms with Crippen LogP contribution >= 0.6 is 15.9 Å². The maximum Gasteiger partial charge on any atom is 0.319 e. The van der Waals surface area contributed by atoms with E-state index < -0.39 is 0 Å². The minimum atomic E-state index is -0.374. The van der Waals surface area contributed by atoms with Crippen molar-refractivity contribution in [2.45, 2.75) is 6.42 Å². The Hall–Kier alpha value is -2.28. The number of carbonyl (C=O) groups excluding carboxylic acids is 1. The summed E-state index contributed by atoms with van der Waals surface area (Å²) >= 11 is 3.20. The lowest BCUT2D eigenvalue weighted by Gasteiger charge is -2.11. The molecule has 0 bridgehead atoms. The zero-order valence-corrected chi connectivity index (χ0v) is 14.9. The van der Waals surface area contributed by atoms with Crippen molar-refractivity contribution in [3.8, 4) is 11.5 Å². The summed E-state index contributed by atoms with van der Waals surface area (Å²) in [5.41, 5.74) is 1.51. The highest BCUT2D eigenvalue weighted by Gasteiger charge is 2.07. The molecule has 0 saturated heterocycles. The Morgan fingerprint density at radius 3 is 2.54 bits per heavy atom. The molecule has 0 heterocycles. The van der Waals surface area contributed by atoms with Gasteiger partial charge in [0.05, 0.1) is 19.9 Å². The standard InChI is InChI=1S/C17H18BrFN2O3/c1-23-15-6-3-11(9-16(15)24-2)7-8-20-17(22)21-14-5-4-12(19)10-13(14)18/h3-6,9-10H,7-8H2,1-2H3,(H2,20,21,22). The normalized spacial score (nSPS) is 10.2. The fourth-order valence-corrected chi connectivity index (χ4v) is 2.56. The first-order valence-corrected chi connectivity index (χ1v) is 8.03. The van der Waals surface area contributed by atoms with E-state index in [2.05, 4.69) is 26.6 Å². The van der Waals surface area contributed by atoms with Crippen LogP contribution in [0.5, 0.6) is 11.5 Å². The highest BCUT2D eigenvalue weighted by molar-refractivity contribution is 9.10. The molecule has 0 aliphatic heterocycles. The predicted molar refractivity (Wildman–Crippen MR) is 94.4 cm³/mol. The molecule has 7 heteroatoms. The fourth-order valence-electron chi connectivity index (χ4n) is 2.11. The van der Waals surface area contributed by atoms with Crippen molar-refractivity contribution in [3.63, 3.8) is 0 Å². The first-order chi connectivity index (χ1) is 11.5. The van der Waals surface area contributed by atoms with Gasteiger partial charge in [0.25, 0.3) is 0 Å². The summed E-state index contributed by atoms with van der Waals surface area (Å²) in [6, 6.07) is 9.32. The van der Waals surface area contributed by atoms with Gasteiger partial charge in [-0.15, -0.1) is 0 Å². The SMILES string of the molecule is COc1ccc(CCNC(=O)Nc2ccc(F)cc2Br)cc1OC. The fraction of sp³-hybridized carbons (Fsp3) is 0.235. The summed E-state index contributed by atoms with van der Waals surface area (Å²) in [5, 5.41) is 5.41. The van der Waals surface area contributed by atoms with Crippen LogP contribution < -0.4 is 20.1 Å². The lowest BCUT2D eigenvalue weighted by molar-refractivity contribution is 0.252. The number of hydrogen-bond acceptors (Lipinski definition) is 3. The van der Waals surface area contributed by atoms with Gasteiger partial charge in [-0.3, -0.25) is 0 Å². The number of amides is 2. The van der Waals surface area contributed by atoms with E-state index in [0.717, 1.165) is 5.56 Å². The molecule has 5 nitrogen and oxygen atoms in total. The Labute approximate surface area is 148 Å². The maximum atomic E-state index is 13.0. The van der Waals surface area contributed by atoms with Crippen LogP contribution in [0.15, 0.2) is 40.9 Å². The topological polar surface area (TPSA) is 59.6 Å². The molecule has 2 aromatic rings. The molecule has 0 unspecified atom stereocenters. The molecule has 24 heavy (non-hydrogen) atoms. The van der Waals surface area contributed by atoms with Gasteiger partial charge in [-0.2, -0.15) is 0 Å². The molecule has 0 saturated carbocycles. The van der Waals surface area contributed by atoms with E-state index in [4.69, 9.17) is 9.47 Å². The average Bonchev–Trinajstić information content (AvgIpc) is 2.57. The number of carbonyl (C=O) groups is 1. The summed E-state index contributed by atoms with van der Waals surface area (Å²) in [5.74, 6) is 0.934. The third-order valence-corrected chi connectivity index (χ3v) is 3.98. The van der Waals surface area contributed by atoms with Crippen molar-refractivity contribution in [1.82, 2.24) is 5.32 Å². The van der Waals surface area contributed by atoms with Gasteiger partial charge >= 0.3 is 6.03 Å². The minimum Gasteiger partial charge on any atom is -0.493 e. The number of ether oxygens (including phenoxy) is 2. The number of hydrogen-bond donors (Lipinski definition) is 2. The number of rotatable bonds is 6. The second kappa shape index (κ2) is 8.54. The zero-order valence-electron chi connectivity index (χ0n) is 13.4. The molecule has 2 amide bonds. The molecule has 2 aromatic carbocycles. The van der Waals surface area contributed by atoms with Gasteiger partial charge in [-0.1, -0.05) is 6.07 Å². The van der Waals surface area contributed by atoms with Crippen LogP contribution in [0.2, 0.25) is 0 Å². The van der Waals surface area contributed by atoms with Crippen LogP contribution in [0, 0.1) is 5.82 Å². The molecule has 0 radical (unpaired) electrons. The van der Waals surface area contributed by atoms with E-state index in [0.29, 0.717) is 34.6 Å². The zero-order chi connectivity index (χ0) is 17.5. The molecule has 128 valence electrons. The van der Waals surface area contributed by atoms with Crippen molar-refractivity contribution in [2.24, 2.45) is 0 Å². The Bertz CT molecular complexity index is 725. The molecule has 2 N–H and O–H groups in total. The Balaban J connectivity index is 1.86. The van der Waals surface area contributed by atoms with Gasteiger partial charge < -0.3 is 20.1 Å². The molecule has 0 atom stereocenters. The Kier molecular flexibility index (Phi) is 6.43. The molecule has 2 rings (SSSR count). The summed E-state index contributed by atoms with van der Waals surface area (Å²) in [7, 11) is 3.16. The van der Waals surface area contributed by atoms with Crippen LogP contribution in [-0.4, -0.2) is 26.8 Å². The molecular weight excluding hydrogens is 379 g/mol. The number of anilines is 1. The first kappa shape index (κ1) is 18.1. The number of methoxy groups -OCH3 is 2. The van der Waals surface area contributed by atoms with Crippen LogP contribution in [0.3, 0.4) is 0 Å². The number of benzene rings is 2. The third-order valence-electron chi connectivity index (χ3n) is 3.33. The first-order valence-electron chi connectivity index (χ1n) is 7.24. The molecule has 0 spiro atoms.